The second kappa shape index (κ2) is 8.29. The van der Waals surface area contributed by atoms with Crippen molar-refractivity contribution in [3.63, 3.8) is 0 Å². The van der Waals surface area contributed by atoms with E-state index in [1.54, 1.807) is 0 Å². The number of nitrogens with one attached hydrogen (secondary N) is 2. The number of benzene rings is 1. The molecule has 1 aromatic rings. The summed E-state index contributed by atoms with van der Waals surface area (Å²) in [6.45, 7) is 8.52. The summed E-state index contributed by atoms with van der Waals surface area (Å²) in [5.41, 5.74) is 2.97. The van der Waals surface area contributed by atoms with E-state index in [0.717, 1.165) is 16.8 Å². The van der Waals surface area contributed by atoms with Gasteiger partial charge in [0.2, 0.25) is 5.91 Å². The molecule has 5 nitrogen and oxygen atoms in total. The minimum atomic E-state index is -0.483. The van der Waals surface area contributed by atoms with Gasteiger partial charge < -0.3 is 15.4 Å². The topological polar surface area (TPSA) is 67.4 Å². The van der Waals surface area contributed by atoms with Crippen molar-refractivity contribution in [2.24, 2.45) is 5.92 Å². The van der Waals surface area contributed by atoms with Gasteiger partial charge in [-0.3, -0.25) is 4.79 Å². The number of hydrogen-bond donors (Lipinski definition) is 2. The second-order valence-corrected chi connectivity index (χ2v) is 5.59. The Labute approximate surface area is 126 Å². The molecule has 0 radical (unpaired) electrons. The van der Waals surface area contributed by atoms with Crippen LogP contribution in [0.15, 0.2) is 18.2 Å². The van der Waals surface area contributed by atoms with E-state index in [-0.39, 0.29) is 18.9 Å². The lowest BCUT2D eigenvalue weighted by Crippen LogP contribution is -2.29. The molecule has 0 spiro atoms. The Kier molecular flexibility index (Phi) is 6.72. The maximum absolute atomic E-state index is 11.8. The number of carbonyl (C=O) groups excluding carboxylic acids is 2. The zero-order valence-corrected chi connectivity index (χ0v) is 13.2. The van der Waals surface area contributed by atoms with Crippen molar-refractivity contribution in [1.29, 1.82) is 0 Å². The molecule has 0 aliphatic rings. The molecule has 0 heterocycles. The predicted octanol–water partition coefficient (Wildman–Crippen LogP) is 3.01. The van der Waals surface area contributed by atoms with Gasteiger partial charge in [0.15, 0.2) is 0 Å². The molecule has 2 amide bonds. The van der Waals surface area contributed by atoms with Crippen LogP contribution in [0.1, 0.15) is 31.4 Å². The molecule has 0 aliphatic carbocycles. The number of aryl methyl sites for hydroxylation is 2. The maximum atomic E-state index is 11.8. The normalized spacial score (nSPS) is 10.3. The van der Waals surface area contributed by atoms with Gasteiger partial charge in [-0.1, -0.05) is 19.9 Å². The quantitative estimate of drug-likeness (QED) is 0.847. The molecule has 116 valence electrons. The summed E-state index contributed by atoms with van der Waals surface area (Å²) in [5, 5.41) is 5.37. The highest BCUT2D eigenvalue weighted by Gasteiger charge is 2.06. The molecule has 5 heteroatoms. The highest BCUT2D eigenvalue weighted by Crippen LogP contribution is 2.13. The summed E-state index contributed by atoms with van der Waals surface area (Å²) in [6, 6.07) is 5.87. The van der Waals surface area contributed by atoms with Crippen molar-refractivity contribution in [1.82, 2.24) is 5.32 Å². The Morgan fingerprint density at radius 3 is 2.33 bits per heavy atom. The number of hydrogen-bond acceptors (Lipinski definition) is 3. The van der Waals surface area contributed by atoms with E-state index < -0.39 is 6.09 Å². The maximum Gasteiger partial charge on any atom is 0.407 e. The molecular formula is C16H24N2O3. The van der Waals surface area contributed by atoms with E-state index in [1.807, 2.05) is 45.9 Å². The van der Waals surface area contributed by atoms with Gasteiger partial charge in [0, 0.05) is 18.7 Å². The van der Waals surface area contributed by atoms with Gasteiger partial charge in [0.1, 0.15) is 0 Å². The summed E-state index contributed by atoms with van der Waals surface area (Å²) >= 11 is 0. The smallest absolute Gasteiger partial charge is 0.407 e. The Balaban J connectivity index is 2.29. The SMILES string of the molecule is Cc1cc(C)cc(NC(=O)CCNC(=O)OCC(C)C)c1. The number of anilines is 1. The molecule has 0 unspecified atom stereocenters. The van der Waals surface area contributed by atoms with E-state index in [4.69, 9.17) is 4.74 Å². The Morgan fingerprint density at radius 2 is 1.76 bits per heavy atom. The molecular weight excluding hydrogens is 268 g/mol. The third-order valence-corrected chi connectivity index (χ3v) is 2.67. The van der Waals surface area contributed by atoms with Crippen LogP contribution in [0.3, 0.4) is 0 Å². The number of alkyl carbamates (subject to hydrolysis) is 1. The first-order chi connectivity index (χ1) is 9.86. The summed E-state index contributed by atoms with van der Waals surface area (Å²) in [5.74, 6) is 0.160. The van der Waals surface area contributed by atoms with Gasteiger partial charge in [0.25, 0.3) is 0 Å². The fourth-order valence-corrected chi connectivity index (χ4v) is 1.84. The molecule has 1 aromatic carbocycles. The first-order valence-corrected chi connectivity index (χ1v) is 7.15. The van der Waals surface area contributed by atoms with Crippen LogP contribution in [0.2, 0.25) is 0 Å². The first kappa shape index (κ1) is 17.0. The average molecular weight is 292 g/mol. The molecule has 0 bridgehead atoms. The largest absolute Gasteiger partial charge is 0.449 e. The lowest BCUT2D eigenvalue weighted by atomic mass is 10.1. The van der Waals surface area contributed by atoms with Crippen molar-refractivity contribution in [3.05, 3.63) is 29.3 Å². The van der Waals surface area contributed by atoms with E-state index in [9.17, 15) is 9.59 Å². The van der Waals surface area contributed by atoms with Crippen LogP contribution in [0.5, 0.6) is 0 Å². The van der Waals surface area contributed by atoms with Crippen LogP contribution in [0.4, 0.5) is 10.5 Å². The van der Waals surface area contributed by atoms with Crippen molar-refractivity contribution < 1.29 is 14.3 Å². The zero-order valence-electron chi connectivity index (χ0n) is 13.2. The molecule has 0 aromatic heterocycles. The Hall–Kier alpha value is -2.04. The van der Waals surface area contributed by atoms with E-state index in [0.29, 0.717) is 12.5 Å². The monoisotopic (exact) mass is 292 g/mol. The highest BCUT2D eigenvalue weighted by molar-refractivity contribution is 5.91. The van der Waals surface area contributed by atoms with E-state index in [2.05, 4.69) is 10.6 Å². The fraction of sp³-hybridized carbons (Fsp3) is 0.500. The lowest BCUT2D eigenvalue weighted by Gasteiger charge is -2.09. The summed E-state index contributed by atoms with van der Waals surface area (Å²) in [6.07, 6.45) is -0.271. The van der Waals surface area contributed by atoms with Gasteiger partial charge in [-0.2, -0.15) is 0 Å². The van der Waals surface area contributed by atoms with E-state index in [1.165, 1.54) is 0 Å². The van der Waals surface area contributed by atoms with Crippen molar-refractivity contribution in [3.8, 4) is 0 Å². The van der Waals surface area contributed by atoms with Gasteiger partial charge in [0.05, 0.1) is 6.61 Å². The first-order valence-electron chi connectivity index (χ1n) is 7.15. The van der Waals surface area contributed by atoms with Gasteiger partial charge >= 0.3 is 6.09 Å². The molecule has 0 fully saturated rings. The van der Waals surface area contributed by atoms with Crippen LogP contribution in [0, 0.1) is 19.8 Å². The predicted molar refractivity (Wildman–Crippen MR) is 83.4 cm³/mol. The summed E-state index contributed by atoms with van der Waals surface area (Å²) in [4.78, 5) is 23.1. The number of rotatable bonds is 6. The van der Waals surface area contributed by atoms with Crippen molar-refractivity contribution >= 4 is 17.7 Å². The van der Waals surface area contributed by atoms with Crippen LogP contribution in [-0.4, -0.2) is 25.2 Å². The third-order valence-electron chi connectivity index (χ3n) is 2.67. The summed E-state index contributed by atoms with van der Waals surface area (Å²) in [7, 11) is 0. The molecule has 21 heavy (non-hydrogen) atoms. The van der Waals surface area contributed by atoms with Crippen LogP contribution < -0.4 is 10.6 Å². The van der Waals surface area contributed by atoms with E-state index >= 15 is 0 Å². The summed E-state index contributed by atoms with van der Waals surface area (Å²) < 4.78 is 4.95. The van der Waals surface area contributed by atoms with Gasteiger partial charge in [-0.15, -0.1) is 0 Å². The standard InChI is InChI=1S/C16H24N2O3/c1-11(2)10-21-16(20)17-6-5-15(19)18-14-8-12(3)7-13(4)9-14/h7-9,11H,5-6,10H2,1-4H3,(H,17,20)(H,18,19). The van der Waals surface area contributed by atoms with Crippen molar-refractivity contribution in [2.75, 3.05) is 18.5 Å². The number of ether oxygens (including phenoxy) is 1. The highest BCUT2D eigenvalue weighted by atomic mass is 16.5. The zero-order chi connectivity index (χ0) is 15.8. The van der Waals surface area contributed by atoms with Gasteiger partial charge in [-0.25, -0.2) is 4.79 Å². The molecule has 0 saturated carbocycles. The average Bonchev–Trinajstić information content (AvgIpc) is 2.34. The molecule has 0 saturated heterocycles. The molecule has 2 N–H and O–H groups in total. The number of amides is 2. The van der Waals surface area contributed by atoms with Crippen LogP contribution in [0.25, 0.3) is 0 Å². The molecule has 0 atom stereocenters. The van der Waals surface area contributed by atoms with Gasteiger partial charge in [-0.05, 0) is 43.0 Å². The van der Waals surface area contributed by atoms with Crippen LogP contribution in [-0.2, 0) is 9.53 Å². The second-order valence-electron chi connectivity index (χ2n) is 5.59. The lowest BCUT2D eigenvalue weighted by molar-refractivity contribution is -0.116. The minimum Gasteiger partial charge on any atom is -0.449 e. The molecule has 0 aliphatic heterocycles. The number of carbonyl (C=O) groups is 2. The third kappa shape index (κ3) is 7.34. The van der Waals surface area contributed by atoms with Crippen molar-refractivity contribution in [2.45, 2.75) is 34.1 Å². The minimum absolute atomic E-state index is 0.135. The Bertz CT molecular complexity index is 478. The molecule has 1 rings (SSSR count). The van der Waals surface area contributed by atoms with Crippen LogP contribution >= 0.6 is 0 Å². The fourth-order valence-electron chi connectivity index (χ4n) is 1.84. The Morgan fingerprint density at radius 1 is 1.14 bits per heavy atom.